The summed E-state index contributed by atoms with van der Waals surface area (Å²) in [5, 5.41) is 15.7. The Hall–Kier alpha value is -2.38. The number of nitrogens with zero attached hydrogens (tertiary/aromatic N) is 3. The molecule has 0 fully saturated rings. The molecule has 0 aliphatic heterocycles. The first-order valence-electron chi connectivity index (χ1n) is 5.53. The number of carbonyl (C=O) groups excluding carboxylic acids is 1. The highest BCUT2D eigenvalue weighted by molar-refractivity contribution is 5.78. The normalized spacial score (nSPS) is 12.2. The SMILES string of the molecule is CC(NC(=O)Cc1ccc(F)cc1F)c1nn[nH]n1. The van der Waals surface area contributed by atoms with Crippen molar-refractivity contribution in [1.82, 2.24) is 25.9 Å². The van der Waals surface area contributed by atoms with E-state index in [4.69, 9.17) is 0 Å². The number of halogens is 2. The molecule has 0 saturated carbocycles. The van der Waals surface area contributed by atoms with E-state index < -0.39 is 23.6 Å². The molecular weight excluding hydrogens is 256 g/mol. The van der Waals surface area contributed by atoms with Crippen LogP contribution in [0.15, 0.2) is 18.2 Å². The van der Waals surface area contributed by atoms with Gasteiger partial charge in [-0.05, 0) is 18.6 Å². The first-order valence-corrected chi connectivity index (χ1v) is 5.53. The highest BCUT2D eigenvalue weighted by atomic mass is 19.1. The van der Waals surface area contributed by atoms with Gasteiger partial charge in [-0.15, -0.1) is 10.2 Å². The van der Waals surface area contributed by atoms with E-state index >= 15 is 0 Å². The third-order valence-corrected chi connectivity index (χ3v) is 2.49. The summed E-state index contributed by atoms with van der Waals surface area (Å²) in [7, 11) is 0. The minimum atomic E-state index is -0.748. The standard InChI is InChI=1S/C11H11F2N5O/c1-6(11-15-17-18-16-11)14-10(19)4-7-2-3-8(12)5-9(7)13/h2-3,5-6H,4H2,1H3,(H,14,19)(H,15,16,17,18). The lowest BCUT2D eigenvalue weighted by Gasteiger charge is -2.10. The fourth-order valence-electron chi connectivity index (χ4n) is 1.55. The average Bonchev–Trinajstić information content (AvgIpc) is 2.86. The van der Waals surface area contributed by atoms with Gasteiger partial charge in [-0.2, -0.15) is 5.21 Å². The van der Waals surface area contributed by atoms with Gasteiger partial charge in [0.25, 0.3) is 0 Å². The number of nitrogens with one attached hydrogen (secondary N) is 2. The fourth-order valence-corrected chi connectivity index (χ4v) is 1.55. The van der Waals surface area contributed by atoms with Gasteiger partial charge in [0.1, 0.15) is 11.6 Å². The second-order valence-electron chi connectivity index (χ2n) is 3.97. The molecule has 1 atom stereocenters. The predicted octanol–water partition coefficient (Wildman–Crippen LogP) is 0.898. The van der Waals surface area contributed by atoms with E-state index in [0.717, 1.165) is 12.1 Å². The average molecular weight is 267 g/mol. The summed E-state index contributed by atoms with van der Waals surface area (Å²) in [6, 6.07) is 2.64. The number of tetrazole rings is 1. The molecule has 1 amide bonds. The van der Waals surface area contributed by atoms with Gasteiger partial charge in [-0.25, -0.2) is 8.78 Å². The molecule has 1 aromatic heterocycles. The summed E-state index contributed by atoms with van der Waals surface area (Å²) in [6.07, 6.45) is -0.186. The summed E-state index contributed by atoms with van der Waals surface area (Å²) in [6.45, 7) is 1.67. The minimum absolute atomic E-state index is 0.124. The molecule has 100 valence electrons. The van der Waals surface area contributed by atoms with Crippen LogP contribution in [0.2, 0.25) is 0 Å². The van der Waals surface area contributed by atoms with E-state index in [1.807, 2.05) is 0 Å². The molecule has 0 aliphatic carbocycles. The number of carbonyl (C=O) groups is 1. The zero-order chi connectivity index (χ0) is 13.8. The van der Waals surface area contributed by atoms with Crippen LogP contribution < -0.4 is 5.32 Å². The Morgan fingerprint density at radius 3 is 2.89 bits per heavy atom. The highest BCUT2D eigenvalue weighted by Gasteiger charge is 2.15. The molecule has 8 heteroatoms. The molecular formula is C11H11F2N5O. The summed E-state index contributed by atoms with van der Waals surface area (Å²) in [4.78, 5) is 11.7. The second-order valence-corrected chi connectivity index (χ2v) is 3.97. The number of aromatic nitrogens is 4. The topological polar surface area (TPSA) is 83.6 Å². The summed E-state index contributed by atoms with van der Waals surface area (Å²) in [5.74, 6) is -1.51. The molecule has 0 radical (unpaired) electrons. The largest absolute Gasteiger partial charge is 0.346 e. The van der Waals surface area contributed by atoms with Crippen molar-refractivity contribution in [1.29, 1.82) is 0 Å². The molecule has 0 spiro atoms. The number of H-pyrrole nitrogens is 1. The fraction of sp³-hybridized carbons (Fsp3) is 0.273. The van der Waals surface area contributed by atoms with E-state index in [2.05, 4.69) is 25.9 Å². The zero-order valence-corrected chi connectivity index (χ0v) is 10.0. The number of hydrogen-bond donors (Lipinski definition) is 2. The van der Waals surface area contributed by atoms with Crippen LogP contribution in [0.25, 0.3) is 0 Å². The molecule has 0 saturated heterocycles. The van der Waals surface area contributed by atoms with Crippen molar-refractivity contribution in [3.05, 3.63) is 41.2 Å². The number of rotatable bonds is 4. The molecule has 2 rings (SSSR count). The van der Waals surface area contributed by atoms with Gasteiger partial charge in [0.05, 0.1) is 12.5 Å². The van der Waals surface area contributed by atoms with Gasteiger partial charge < -0.3 is 5.32 Å². The minimum Gasteiger partial charge on any atom is -0.346 e. The maximum Gasteiger partial charge on any atom is 0.225 e. The predicted molar refractivity (Wildman–Crippen MR) is 60.8 cm³/mol. The van der Waals surface area contributed by atoms with E-state index in [1.54, 1.807) is 6.92 Å². The van der Waals surface area contributed by atoms with Crippen LogP contribution in [0, 0.1) is 11.6 Å². The van der Waals surface area contributed by atoms with E-state index in [1.165, 1.54) is 6.07 Å². The smallest absolute Gasteiger partial charge is 0.225 e. The van der Waals surface area contributed by atoms with Crippen LogP contribution in [0.1, 0.15) is 24.4 Å². The van der Waals surface area contributed by atoms with Crippen LogP contribution in [-0.4, -0.2) is 26.5 Å². The maximum absolute atomic E-state index is 13.4. The van der Waals surface area contributed by atoms with Gasteiger partial charge in [-0.3, -0.25) is 4.79 Å². The maximum atomic E-state index is 13.4. The summed E-state index contributed by atoms with van der Waals surface area (Å²) in [5.41, 5.74) is 0.124. The molecule has 1 unspecified atom stereocenters. The van der Waals surface area contributed by atoms with Crippen LogP contribution in [0.3, 0.4) is 0 Å². The molecule has 0 aliphatic rings. The monoisotopic (exact) mass is 267 g/mol. The molecule has 1 heterocycles. The van der Waals surface area contributed by atoms with Crippen LogP contribution >= 0.6 is 0 Å². The molecule has 2 aromatic rings. The van der Waals surface area contributed by atoms with Crippen LogP contribution in [-0.2, 0) is 11.2 Å². The van der Waals surface area contributed by atoms with Crippen molar-refractivity contribution in [2.24, 2.45) is 0 Å². The Balaban J connectivity index is 1.98. The number of aromatic amines is 1. The Kier molecular flexibility index (Phi) is 3.79. The van der Waals surface area contributed by atoms with Gasteiger partial charge in [0, 0.05) is 6.07 Å². The third-order valence-electron chi connectivity index (χ3n) is 2.49. The van der Waals surface area contributed by atoms with Gasteiger partial charge >= 0.3 is 0 Å². The summed E-state index contributed by atoms with van der Waals surface area (Å²) >= 11 is 0. The molecule has 1 aromatic carbocycles. The van der Waals surface area contributed by atoms with Crippen LogP contribution in [0.5, 0.6) is 0 Å². The first kappa shape index (κ1) is 13.1. The van der Waals surface area contributed by atoms with Gasteiger partial charge in [0.15, 0.2) is 5.82 Å². The number of hydrogen-bond acceptors (Lipinski definition) is 4. The van der Waals surface area contributed by atoms with Crippen molar-refractivity contribution >= 4 is 5.91 Å². The molecule has 2 N–H and O–H groups in total. The lowest BCUT2D eigenvalue weighted by molar-refractivity contribution is -0.121. The van der Waals surface area contributed by atoms with Crippen molar-refractivity contribution in [3.63, 3.8) is 0 Å². The van der Waals surface area contributed by atoms with Crippen molar-refractivity contribution in [3.8, 4) is 0 Å². The van der Waals surface area contributed by atoms with E-state index in [-0.39, 0.29) is 12.0 Å². The molecule has 6 nitrogen and oxygen atoms in total. The summed E-state index contributed by atoms with van der Waals surface area (Å²) < 4.78 is 26.1. The highest BCUT2D eigenvalue weighted by Crippen LogP contribution is 2.11. The van der Waals surface area contributed by atoms with Crippen molar-refractivity contribution in [2.75, 3.05) is 0 Å². The van der Waals surface area contributed by atoms with E-state index in [0.29, 0.717) is 5.82 Å². The molecule has 0 bridgehead atoms. The van der Waals surface area contributed by atoms with E-state index in [9.17, 15) is 13.6 Å². The quantitative estimate of drug-likeness (QED) is 0.862. The lowest BCUT2D eigenvalue weighted by atomic mass is 10.1. The Morgan fingerprint density at radius 1 is 1.47 bits per heavy atom. The Labute approximate surface area is 107 Å². The Morgan fingerprint density at radius 2 is 2.26 bits per heavy atom. The zero-order valence-electron chi connectivity index (χ0n) is 10.0. The van der Waals surface area contributed by atoms with Gasteiger partial charge in [0.2, 0.25) is 5.91 Å². The van der Waals surface area contributed by atoms with Crippen molar-refractivity contribution < 1.29 is 13.6 Å². The Bertz CT molecular complexity index is 572. The third kappa shape index (κ3) is 3.30. The lowest BCUT2D eigenvalue weighted by Crippen LogP contribution is -2.29. The van der Waals surface area contributed by atoms with Crippen LogP contribution in [0.4, 0.5) is 8.78 Å². The van der Waals surface area contributed by atoms with Gasteiger partial charge in [-0.1, -0.05) is 11.3 Å². The number of amides is 1. The van der Waals surface area contributed by atoms with Crippen molar-refractivity contribution in [2.45, 2.75) is 19.4 Å². The number of benzene rings is 1. The molecule has 19 heavy (non-hydrogen) atoms. The first-order chi connectivity index (χ1) is 9.06. The second kappa shape index (κ2) is 5.51.